The summed E-state index contributed by atoms with van der Waals surface area (Å²) in [6.45, 7) is 0. The Morgan fingerprint density at radius 3 is 1.79 bits per heavy atom. The molecule has 0 bridgehead atoms. The van der Waals surface area contributed by atoms with E-state index in [-0.39, 0.29) is 27.8 Å². The summed E-state index contributed by atoms with van der Waals surface area (Å²) in [5, 5.41) is 3.98. The van der Waals surface area contributed by atoms with Crippen LogP contribution in [0.3, 0.4) is 0 Å². The van der Waals surface area contributed by atoms with Gasteiger partial charge in [0, 0.05) is 11.3 Å². The highest BCUT2D eigenvalue weighted by molar-refractivity contribution is 7.12. The molecule has 1 heterocycles. The van der Waals surface area contributed by atoms with E-state index in [4.69, 9.17) is 14.2 Å². The maximum atomic E-state index is 14.2. The minimum Gasteiger partial charge on any atom is -0.493 e. The fourth-order valence-electron chi connectivity index (χ4n) is 3.45. The van der Waals surface area contributed by atoms with E-state index < -0.39 is 41.0 Å². The number of nitrogens with one attached hydrogen (secondary N) is 1. The topological polar surface area (TPSA) is 83.1 Å². The first-order valence-electron chi connectivity index (χ1n) is 10.4. The number of alkyl halides is 6. The Labute approximate surface area is 215 Å². The molecule has 0 saturated heterocycles. The van der Waals surface area contributed by atoms with Crippen LogP contribution in [0.25, 0.3) is 0 Å². The minimum absolute atomic E-state index is 0.0513. The van der Waals surface area contributed by atoms with Gasteiger partial charge in [-0.3, -0.25) is 4.79 Å². The van der Waals surface area contributed by atoms with Crippen LogP contribution < -0.4 is 19.5 Å². The standard InChI is InChI=1S/C24H19F6NO6S/c1-34-16-11-13(12-17(35-2)19(16)36-3)21(33)37-22(23(25,26)27,24(28,29)30)14-6-8-15(9-7-14)31-20(32)18-5-4-10-38-18/h4-12H,1-3H3,(H,31,32). The molecule has 0 saturated carbocycles. The average Bonchev–Trinajstić information content (AvgIpc) is 3.40. The van der Waals surface area contributed by atoms with Crippen molar-refractivity contribution in [2.24, 2.45) is 0 Å². The number of hydrogen-bond acceptors (Lipinski definition) is 7. The highest BCUT2D eigenvalue weighted by Crippen LogP contribution is 2.53. The monoisotopic (exact) mass is 563 g/mol. The molecule has 2 aromatic carbocycles. The number of esters is 1. The summed E-state index contributed by atoms with van der Waals surface area (Å²) in [5.41, 5.74) is -7.29. The van der Waals surface area contributed by atoms with Gasteiger partial charge in [0.05, 0.1) is 31.8 Å². The van der Waals surface area contributed by atoms with Gasteiger partial charge < -0.3 is 24.3 Å². The summed E-state index contributed by atoms with van der Waals surface area (Å²) >= 11 is 1.08. The van der Waals surface area contributed by atoms with Gasteiger partial charge >= 0.3 is 23.9 Å². The van der Waals surface area contributed by atoms with Crippen molar-refractivity contribution in [2.75, 3.05) is 26.6 Å². The number of thiophene rings is 1. The first kappa shape index (κ1) is 28.6. The number of methoxy groups -OCH3 is 3. The summed E-state index contributed by atoms with van der Waals surface area (Å²) in [5.74, 6) is -3.03. The summed E-state index contributed by atoms with van der Waals surface area (Å²) in [6, 6.07) is 7.37. The molecule has 38 heavy (non-hydrogen) atoms. The SMILES string of the molecule is COc1cc(C(=O)OC(c2ccc(NC(=O)c3cccs3)cc2)(C(F)(F)F)C(F)(F)F)cc(OC)c1OC. The number of rotatable bonds is 8. The van der Waals surface area contributed by atoms with Crippen molar-refractivity contribution in [3.8, 4) is 17.2 Å². The number of benzene rings is 2. The third-order valence-electron chi connectivity index (χ3n) is 5.24. The molecular formula is C24H19F6NO6S. The molecule has 3 aromatic rings. The second-order valence-electron chi connectivity index (χ2n) is 7.49. The fraction of sp³-hybridized carbons (Fsp3) is 0.250. The van der Waals surface area contributed by atoms with E-state index >= 15 is 0 Å². The Hall–Kier alpha value is -3.94. The van der Waals surface area contributed by atoms with Crippen molar-refractivity contribution < 1.29 is 54.9 Å². The predicted molar refractivity (Wildman–Crippen MR) is 124 cm³/mol. The quantitative estimate of drug-likeness (QED) is 0.260. The third-order valence-corrected chi connectivity index (χ3v) is 6.11. The largest absolute Gasteiger partial charge is 0.493 e. The first-order chi connectivity index (χ1) is 17.8. The molecule has 0 radical (unpaired) electrons. The van der Waals surface area contributed by atoms with Gasteiger partial charge in [0.25, 0.3) is 5.91 Å². The van der Waals surface area contributed by atoms with Gasteiger partial charge in [-0.15, -0.1) is 11.3 Å². The van der Waals surface area contributed by atoms with Crippen molar-refractivity contribution in [2.45, 2.75) is 18.0 Å². The maximum absolute atomic E-state index is 14.2. The normalized spacial score (nSPS) is 12.0. The van der Waals surface area contributed by atoms with Crippen LogP contribution in [0, 0.1) is 0 Å². The molecule has 1 N–H and O–H groups in total. The minimum atomic E-state index is -6.14. The van der Waals surface area contributed by atoms with Crippen molar-refractivity contribution in [3.05, 3.63) is 69.9 Å². The molecular weight excluding hydrogens is 544 g/mol. The highest BCUT2D eigenvalue weighted by atomic mass is 32.1. The first-order valence-corrected chi connectivity index (χ1v) is 11.3. The van der Waals surface area contributed by atoms with Crippen LogP contribution in [0.15, 0.2) is 53.9 Å². The zero-order valence-corrected chi connectivity index (χ0v) is 20.6. The Kier molecular flexibility index (Phi) is 8.15. The number of hydrogen-bond donors (Lipinski definition) is 1. The lowest BCUT2D eigenvalue weighted by molar-refractivity contribution is -0.373. The van der Waals surface area contributed by atoms with E-state index in [0.29, 0.717) is 12.1 Å². The van der Waals surface area contributed by atoms with Gasteiger partial charge in [-0.05, 0) is 35.7 Å². The van der Waals surface area contributed by atoms with E-state index in [2.05, 4.69) is 10.1 Å². The fourth-order valence-corrected chi connectivity index (χ4v) is 4.07. The van der Waals surface area contributed by atoms with Crippen LogP contribution in [0.4, 0.5) is 32.0 Å². The maximum Gasteiger partial charge on any atom is 0.442 e. The van der Waals surface area contributed by atoms with E-state index in [1.165, 1.54) is 13.2 Å². The average molecular weight is 563 g/mol. The molecule has 0 spiro atoms. The molecule has 0 aliphatic carbocycles. The summed E-state index contributed by atoms with van der Waals surface area (Å²) in [4.78, 5) is 25.2. The molecule has 0 aliphatic rings. The van der Waals surface area contributed by atoms with Crippen LogP contribution in [0.1, 0.15) is 25.6 Å². The van der Waals surface area contributed by atoms with Gasteiger partial charge in [-0.2, -0.15) is 26.3 Å². The van der Waals surface area contributed by atoms with Crippen LogP contribution in [0.2, 0.25) is 0 Å². The van der Waals surface area contributed by atoms with Crippen molar-refractivity contribution in [3.63, 3.8) is 0 Å². The van der Waals surface area contributed by atoms with Gasteiger partial charge in [0.2, 0.25) is 5.75 Å². The van der Waals surface area contributed by atoms with E-state index in [9.17, 15) is 35.9 Å². The lowest BCUT2D eigenvalue weighted by atomic mass is 9.91. The zero-order valence-electron chi connectivity index (χ0n) is 19.8. The number of ether oxygens (including phenoxy) is 4. The molecule has 3 rings (SSSR count). The molecule has 0 unspecified atom stereocenters. The van der Waals surface area contributed by atoms with Crippen molar-refractivity contribution in [1.82, 2.24) is 0 Å². The third kappa shape index (κ3) is 5.35. The van der Waals surface area contributed by atoms with Crippen LogP contribution in [-0.4, -0.2) is 45.6 Å². The molecule has 204 valence electrons. The number of carbonyl (C=O) groups is 2. The molecule has 1 amide bonds. The van der Waals surface area contributed by atoms with E-state index in [1.54, 1.807) is 11.4 Å². The Morgan fingerprint density at radius 1 is 0.816 bits per heavy atom. The lowest BCUT2D eigenvalue weighted by Crippen LogP contribution is -2.56. The molecule has 14 heteroatoms. The molecule has 0 atom stereocenters. The summed E-state index contributed by atoms with van der Waals surface area (Å²) in [7, 11) is 3.49. The predicted octanol–water partition coefficient (Wildman–Crippen LogP) is 6.20. The second-order valence-corrected chi connectivity index (χ2v) is 8.44. The lowest BCUT2D eigenvalue weighted by Gasteiger charge is -2.37. The summed E-state index contributed by atoms with van der Waals surface area (Å²) in [6.07, 6.45) is -12.3. The summed E-state index contributed by atoms with van der Waals surface area (Å²) < 4.78 is 105. The second kappa shape index (κ2) is 10.8. The molecule has 7 nitrogen and oxygen atoms in total. The number of amides is 1. The zero-order chi connectivity index (χ0) is 28.3. The molecule has 0 fully saturated rings. The number of halogens is 6. The Balaban J connectivity index is 2.05. The van der Waals surface area contributed by atoms with Gasteiger partial charge in [0.15, 0.2) is 11.5 Å². The van der Waals surface area contributed by atoms with Crippen molar-refractivity contribution >= 4 is 28.9 Å². The van der Waals surface area contributed by atoms with E-state index in [1.807, 2.05) is 0 Å². The van der Waals surface area contributed by atoms with Gasteiger partial charge in [-0.1, -0.05) is 18.2 Å². The molecule has 0 aliphatic heterocycles. The highest BCUT2D eigenvalue weighted by Gasteiger charge is 2.75. The van der Waals surface area contributed by atoms with Crippen LogP contribution in [0.5, 0.6) is 17.2 Å². The number of anilines is 1. The van der Waals surface area contributed by atoms with E-state index in [0.717, 1.165) is 49.8 Å². The van der Waals surface area contributed by atoms with Crippen LogP contribution in [-0.2, 0) is 10.3 Å². The number of carbonyl (C=O) groups excluding carboxylic acids is 2. The van der Waals surface area contributed by atoms with Crippen LogP contribution >= 0.6 is 11.3 Å². The van der Waals surface area contributed by atoms with Gasteiger partial charge in [-0.25, -0.2) is 4.79 Å². The molecule has 1 aromatic heterocycles. The Morgan fingerprint density at radius 2 is 1.37 bits per heavy atom. The van der Waals surface area contributed by atoms with Gasteiger partial charge in [0.1, 0.15) is 0 Å². The smallest absolute Gasteiger partial charge is 0.442 e. The Bertz CT molecular complexity index is 1250. The van der Waals surface area contributed by atoms with Crippen molar-refractivity contribution in [1.29, 1.82) is 0 Å².